The summed E-state index contributed by atoms with van der Waals surface area (Å²) >= 11 is 0. The van der Waals surface area contributed by atoms with Crippen molar-refractivity contribution in [3.63, 3.8) is 0 Å². The van der Waals surface area contributed by atoms with E-state index in [0.717, 1.165) is 10.3 Å². The van der Waals surface area contributed by atoms with Crippen molar-refractivity contribution in [2.24, 2.45) is 0 Å². The lowest BCUT2D eigenvalue weighted by Gasteiger charge is -2.10. The fourth-order valence-electron chi connectivity index (χ4n) is 2.54. The van der Waals surface area contributed by atoms with Gasteiger partial charge in [0.25, 0.3) is 17.2 Å². The number of amides is 1. The summed E-state index contributed by atoms with van der Waals surface area (Å²) in [5.41, 5.74) is -0.366. The molecule has 9 nitrogen and oxygen atoms in total. The number of benzene rings is 2. The number of carbonyl (C=O) groups is 1. The predicted molar refractivity (Wildman–Crippen MR) is 105 cm³/mol. The summed E-state index contributed by atoms with van der Waals surface area (Å²) in [6.45, 7) is 0.0964. The number of aromatic nitrogens is 1. The van der Waals surface area contributed by atoms with Crippen LogP contribution in [0.5, 0.6) is 5.75 Å². The Morgan fingerprint density at radius 1 is 1.10 bits per heavy atom. The van der Waals surface area contributed by atoms with Crippen LogP contribution in [-0.4, -0.2) is 22.7 Å². The van der Waals surface area contributed by atoms with Crippen LogP contribution in [0.1, 0.15) is 15.9 Å². The molecule has 0 radical (unpaired) electrons. The molecule has 1 amide bonds. The lowest BCUT2D eigenvalue weighted by atomic mass is 10.2. The fourth-order valence-corrected chi connectivity index (χ4v) is 2.54. The molecule has 3 rings (SSSR count). The second-order valence-electron chi connectivity index (χ2n) is 5.90. The summed E-state index contributed by atoms with van der Waals surface area (Å²) in [6, 6.07) is 15.6. The van der Waals surface area contributed by atoms with E-state index in [4.69, 9.17) is 9.57 Å². The van der Waals surface area contributed by atoms with Gasteiger partial charge in [0, 0.05) is 12.3 Å². The number of para-hydroxylation sites is 2. The average molecular weight is 395 g/mol. The number of nitro groups is 1. The van der Waals surface area contributed by atoms with Crippen LogP contribution in [-0.2, 0) is 6.61 Å². The summed E-state index contributed by atoms with van der Waals surface area (Å²) < 4.78 is 6.03. The molecule has 0 aliphatic rings. The molecule has 0 bridgehead atoms. The van der Waals surface area contributed by atoms with Gasteiger partial charge in [-0.1, -0.05) is 24.3 Å². The van der Waals surface area contributed by atoms with Crippen molar-refractivity contribution >= 4 is 17.3 Å². The van der Waals surface area contributed by atoms with Crippen LogP contribution >= 0.6 is 0 Å². The Morgan fingerprint density at radius 3 is 2.52 bits per heavy atom. The van der Waals surface area contributed by atoms with Gasteiger partial charge < -0.3 is 14.9 Å². The highest BCUT2D eigenvalue weighted by Gasteiger charge is 2.18. The molecule has 1 N–H and O–H groups in total. The monoisotopic (exact) mass is 395 g/mol. The highest BCUT2D eigenvalue weighted by atomic mass is 16.7. The van der Waals surface area contributed by atoms with Crippen molar-refractivity contribution in [1.82, 2.24) is 4.73 Å². The van der Waals surface area contributed by atoms with Gasteiger partial charge in [-0.3, -0.25) is 19.7 Å². The molecule has 9 heteroatoms. The van der Waals surface area contributed by atoms with E-state index in [0.29, 0.717) is 5.75 Å². The van der Waals surface area contributed by atoms with Gasteiger partial charge in [-0.25, -0.2) is 0 Å². The summed E-state index contributed by atoms with van der Waals surface area (Å²) in [4.78, 5) is 41.0. The van der Waals surface area contributed by atoms with Crippen molar-refractivity contribution in [2.75, 3.05) is 12.4 Å². The minimum absolute atomic E-state index is 0.00328. The van der Waals surface area contributed by atoms with Crippen LogP contribution in [0, 0.1) is 10.1 Å². The number of ether oxygens (including phenoxy) is 1. The van der Waals surface area contributed by atoms with Gasteiger partial charge in [-0.05, 0) is 35.9 Å². The SMILES string of the molecule is COc1ccc(COn2cccc(C(=O)Nc3ccccc3[N+](=O)[O-])c2=O)cc1. The third-order valence-corrected chi connectivity index (χ3v) is 4.04. The molecule has 0 saturated heterocycles. The van der Waals surface area contributed by atoms with E-state index in [-0.39, 0.29) is 23.5 Å². The molecule has 3 aromatic rings. The molecule has 0 unspecified atom stereocenters. The third kappa shape index (κ3) is 4.59. The van der Waals surface area contributed by atoms with Crippen molar-refractivity contribution in [2.45, 2.75) is 6.61 Å². The topological polar surface area (TPSA) is 113 Å². The van der Waals surface area contributed by atoms with Crippen LogP contribution in [0.2, 0.25) is 0 Å². The van der Waals surface area contributed by atoms with Crippen LogP contribution in [0.15, 0.2) is 71.7 Å². The first-order valence-corrected chi connectivity index (χ1v) is 8.52. The number of hydrogen-bond donors (Lipinski definition) is 1. The maximum absolute atomic E-state index is 12.6. The fraction of sp³-hybridized carbons (Fsp3) is 0.100. The highest BCUT2D eigenvalue weighted by molar-refractivity contribution is 6.05. The Bertz CT molecular complexity index is 1090. The van der Waals surface area contributed by atoms with Gasteiger partial charge in [-0.2, -0.15) is 4.73 Å². The first-order valence-electron chi connectivity index (χ1n) is 8.52. The second-order valence-corrected chi connectivity index (χ2v) is 5.90. The highest BCUT2D eigenvalue weighted by Crippen LogP contribution is 2.23. The Hall–Kier alpha value is -4.14. The quantitative estimate of drug-likeness (QED) is 0.486. The number of nitro benzene ring substituents is 1. The largest absolute Gasteiger partial charge is 0.497 e. The minimum Gasteiger partial charge on any atom is -0.497 e. The Labute approximate surface area is 165 Å². The zero-order chi connectivity index (χ0) is 20.8. The molecule has 0 fully saturated rings. The van der Waals surface area contributed by atoms with E-state index >= 15 is 0 Å². The number of nitrogens with zero attached hydrogens (tertiary/aromatic N) is 2. The summed E-state index contributed by atoms with van der Waals surface area (Å²) in [5.74, 6) is -0.0775. The second kappa shape index (κ2) is 8.70. The molecule has 0 saturated carbocycles. The Morgan fingerprint density at radius 2 is 1.83 bits per heavy atom. The van der Waals surface area contributed by atoms with Crippen LogP contribution in [0.3, 0.4) is 0 Å². The molecule has 2 aromatic carbocycles. The molecular weight excluding hydrogens is 378 g/mol. The van der Waals surface area contributed by atoms with Crippen LogP contribution < -0.4 is 20.5 Å². The summed E-state index contributed by atoms with van der Waals surface area (Å²) in [6.07, 6.45) is 1.38. The average Bonchev–Trinajstić information content (AvgIpc) is 2.73. The standard InChI is InChI=1S/C20H17N3O6/c1-28-15-10-8-14(9-11-15)13-29-22-12-4-5-16(20(22)25)19(24)21-17-6-2-3-7-18(17)23(26)27/h2-12H,13H2,1H3,(H,21,24). The number of methoxy groups -OCH3 is 1. The van der Waals surface area contributed by atoms with E-state index in [1.54, 1.807) is 37.4 Å². The number of carbonyl (C=O) groups excluding carboxylic acids is 1. The predicted octanol–water partition coefficient (Wildman–Crippen LogP) is 2.65. The zero-order valence-corrected chi connectivity index (χ0v) is 15.4. The van der Waals surface area contributed by atoms with Gasteiger partial charge in [-0.15, -0.1) is 0 Å². The molecule has 0 aliphatic heterocycles. The Balaban J connectivity index is 1.76. The molecule has 0 aliphatic carbocycles. The van der Waals surface area contributed by atoms with Gasteiger partial charge >= 0.3 is 0 Å². The molecule has 0 atom stereocenters. The lowest BCUT2D eigenvalue weighted by molar-refractivity contribution is -0.383. The smallest absolute Gasteiger partial charge is 0.295 e. The van der Waals surface area contributed by atoms with Crippen molar-refractivity contribution < 1.29 is 19.3 Å². The van der Waals surface area contributed by atoms with Gasteiger partial charge in [0.15, 0.2) is 0 Å². The number of hydrogen-bond acceptors (Lipinski definition) is 6. The molecule has 0 spiro atoms. The maximum atomic E-state index is 12.6. The first-order chi connectivity index (χ1) is 14.0. The molecular formula is C20H17N3O6. The number of nitrogens with one attached hydrogen (secondary N) is 1. The number of pyridine rings is 1. The molecule has 1 aromatic heterocycles. The summed E-state index contributed by atoms with van der Waals surface area (Å²) in [7, 11) is 1.56. The van der Waals surface area contributed by atoms with E-state index in [2.05, 4.69) is 5.32 Å². The van der Waals surface area contributed by atoms with E-state index in [1.807, 2.05) is 0 Å². The maximum Gasteiger partial charge on any atom is 0.295 e. The van der Waals surface area contributed by atoms with E-state index in [1.165, 1.54) is 36.5 Å². The normalized spacial score (nSPS) is 10.2. The Kier molecular flexibility index (Phi) is 5.88. The van der Waals surface area contributed by atoms with Gasteiger partial charge in [0.2, 0.25) is 0 Å². The minimum atomic E-state index is -0.772. The van der Waals surface area contributed by atoms with Gasteiger partial charge in [0.1, 0.15) is 23.6 Å². The first kappa shape index (κ1) is 19.6. The van der Waals surface area contributed by atoms with Crippen LogP contribution in [0.25, 0.3) is 0 Å². The lowest BCUT2D eigenvalue weighted by Crippen LogP contribution is -2.32. The van der Waals surface area contributed by atoms with Crippen molar-refractivity contribution in [1.29, 1.82) is 0 Å². The molecule has 1 heterocycles. The van der Waals surface area contributed by atoms with Crippen molar-refractivity contribution in [3.05, 3.63) is 98.5 Å². The van der Waals surface area contributed by atoms with E-state index < -0.39 is 16.4 Å². The zero-order valence-electron chi connectivity index (χ0n) is 15.4. The molecule has 29 heavy (non-hydrogen) atoms. The number of rotatable bonds is 7. The van der Waals surface area contributed by atoms with Crippen molar-refractivity contribution in [3.8, 4) is 5.75 Å². The number of anilines is 1. The van der Waals surface area contributed by atoms with Crippen LogP contribution in [0.4, 0.5) is 11.4 Å². The third-order valence-electron chi connectivity index (χ3n) is 4.04. The summed E-state index contributed by atoms with van der Waals surface area (Å²) in [5, 5.41) is 13.5. The van der Waals surface area contributed by atoms with Gasteiger partial charge in [0.05, 0.1) is 12.0 Å². The molecule has 148 valence electrons. The van der Waals surface area contributed by atoms with E-state index in [9.17, 15) is 19.7 Å².